The number of phenolic OH excluding ortho intramolecular Hbond substituents is 1. The van der Waals surface area contributed by atoms with Gasteiger partial charge in [0.2, 0.25) is 0 Å². The van der Waals surface area contributed by atoms with Crippen LogP contribution in [0.5, 0.6) is 5.75 Å². The molecule has 0 aliphatic heterocycles. The molecule has 0 fully saturated rings. The summed E-state index contributed by atoms with van der Waals surface area (Å²) in [5, 5.41) is 39.3. The number of carboxylic acid groups (broad SMARTS) is 1. The van der Waals surface area contributed by atoms with Crippen molar-refractivity contribution < 1.29 is 24.9 Å². The van der Waals surface area contributed by atoms with Crippen molar-refractivity contribution in [2.75, 3.05) is 0 Å². The van der Waals surface area contributed by atoms with Gasteiger partial charge in [-0.2, -0.15) is 0 Å². The number of aliphatic carboxylic acids is 1. The fourth-order valence-corrected chi connectivity index (χ4v) is 1.41. The normalized spacial score (nSPS) is 11.8. The lowest BCUT2D eigenvalue weighted by molar-refractivity contribution is -0.395. The van der Waals surface area contributed by atoms with Crippen LogP contribution in [0.2, 0.25) is 0 Å². The van der Waals surface area contributed by atoms with Gasteiger partial charge in [-0.05, 0) is 6.07 Å². The Bertz CT molecular complexity index is 557. The van der Waals surface area contributed by atoms with Crippen LogP contribution in [-0.4, -0.2) is 32.1 Å². The summed E-state index contributed by atoms with van der Waals surface area (Å²) < 4.78 is 0. The number of carbonyl (C=O) groups is 1. The molecule has 0 aliphatic rings. The molecule has 0 unspecified atom stereocenters. The van der Waals surface area contributed by atoms with E-state index in [4.69, 9.17) is 10.8 Å². The summed E-state index contributed by atoms with van der Waals surface area (Å²) in [6.07, 6.45) is -0.433. The standard InChI is InChI=1S/C9H9N3O7/c10-5(9(14)15)1-4-2-8(13)7(12(18)19)3-6(4)11(16)17/h2-3,5,13H,1,10H2,(H,14,15)/t5-/m1/s1. The molecule has 0 aromatic heterocycles. The third kappa shape index (κ3) is 3.13. The first-order chi connectivity index (χ1) is 8.73. The van der Waals surface area contributed by atoms with Crippen molar-refractivity contribution in [3.63, 3.8) is 0 Å². The predicted molar refractivity (Wildman–Crippen MR) is 60.7 cm³/mol. The Kier molecular flexibility index (Phi) is 3.97. The first-order valence-corrected chi connectivity index (χ1v) is 4.87. The Morgan fingerprint density at radius 2 is 1.79 bits per heavy atom. The van der Waals surface area contributed by atoms with Gasteiger partial charge < -0.3 is 15.9 Å². The average Bonchev–Trinajstić information content (AvgIpc) is 2.27. The predicted octanol–water partition coefficient (Wildman–Crippen LogP) is 0.163. The van der Waals surface area contributed by atoms with Crippen LogP contribution >= 0.6 is 0 Å². The van der Waals surface area contributed by atoms with Crippen molar-refractivity contribution in [2.45, 2.75) is 12.5 Å². The third-order valence-corrected chi connectivity index (χ3v) is 2.33. The van der Waals surface area contributed by atoms with Gasteiger partial charge in [-0.15, -0.1) is 0 Å². The molecule has 0 spiro atoms. The molecule has 4 N–H and O–H groups in total. The number of aromatic hydroxyl groups is 1. The van der Waals surface area contributed by atoms with Crippen molar-refractivity contribution in [3.05, 3.63) is 37.9 Å². The van der Waals surface area contributed by atoms with Crippen molar-refractivity contribution in [1.29, 1.82) is 0 Å². The largest absolute Gasteiger partial charge is 0.502 e. The number of nitro groups is 2. The van der Waals surface area contributed by atoms with Gasteiger partial charge in [-0.3, -0.25) is 25.0 Å². The second-order valence-electron chi connectivity index (χ2n) is 3.63. The Morgan fingerprint density at radius 1 is 1.26 bits per heavy atom. The molecular weight excluding hydrogens is 262 g/mol. The van der Waals surface area contributed by atoms with Crippen LogP contribution in [0.25, 0.3) is 0 Å². The van der Waals surface area contributed by atoms with E-state index in [1.807, 2.05) is 0 Å². The second-order valence-corrected chi connectivity index (χ2v) is 3.63. The molecule has 10 heteroatoms. The fourth-order valence-electron chi connectivity index (χ4n) is 1.41. The minimum Gasteiger partial charge on any atom is -0.502 e. The number of carboxylic acids is 1. The third-order valence-electron chi connectivity index (χ3n) is 2.33. The first kappa shape index (κ1) is 14.3. The van der Waals surface area contributed by atoms with Crippen molar-refractivity contribution >= 4 is 17.3 Å². The molecule has 1 aromatic rings. The summed E-state index contributed by atoms with van der Waals surface area (Å²) >= 11 is 0. The molecule has 0 saturated carbocycles. The van der Waals surface area contributed by atoms with Crippen LogP contribution in [0, 0.1) is 20.2 Å². The van der Waals surface area contributed by atoms with Crippen LogP contribution in [0.4, 0.5) is 11.4 Å². The van der Waals surface area contributed by atoms with Crippen molar-refractivity contribution in [3.8, 4) is 5.75 Å². The molecule has 10 nitrogen and oxygen atoms in total. The van der Waals surface area contributed by atoms with Gasteiger partial charge in [0.1, 0.15) is 6.04 Å². The zero-order valence-corrected chi connectivity index (χ0v) is 9.35. The smallest absolute Gasteiger partial charge is 0.320 e. The summed E-state index contributed by atoms with van der Waals surface area (Å²) in [5.41, 5.74) is 3.54. The molecule has 19 heavy (non-hydrogen) atoms. The van der Waals surface area contributed by atoms with Gasteiger partial charge in [-0.1, -0.05) is 0 Å². The number of nitrogens with zero attached hydrogens (tertiary/aromatic N) is 2. The molecule has 1 rings (SSSR count). The van der Waals surface area contributed by atoms with Crippen LogP contribution < -0.4 is 5.73 Å². The van der Waals surface area contributed by atoms with E-state index in [-0.39, 0.29) is 5.56 Å². The highest BCUT2D eigenvalue weighted by molar-refractivity contribution is 5.74. The highest BCUT2D eigenvalue weighted by Crippen LogP contribution is 2.33. The van der Waals surface area contributed by atoms with Crippen molar-refractivity contribution in [1.82, 2.24) is 0 Å². The lowest BCUT2D eigenvalue weighted by Gasteiger charge is -2.07. The summed E-state index contributed by atoms with van der Waals surface area (Å²) in [6.45, 7) is 0. The van der Waals surface area contributed by atoms with Gasteiger partial charge in [0, 0.05) is 12.0 Å². The highest BCUT2D eigenvalue weighted by Gasteiger charge is 2.26. The number of hydrogen-bond donors (Lipinski definition) is 3. The van der Waals surface area contributed by atoms with Crippen LogP contribution in [0.1, 0.15) is 5.56 Å². The van der Waals surface area contributed by atoms with E-state index in [9.17, 15) is 30.1 Å². The SMILES string of the molecule is N[C@H](Cc1cc(O)c([N+](=O)[O-])cc1[N+](=O)[O-])C(=O)O. The quantitative estimate of drug-likeness (QED) is 0.502. The van der Waals surface area contributed by atoms with Gasteiger partial charge in [0.15, 0.2) is 5.75 Å². The number of rotatable bonds is 5. The number of benzene rings is 1. The van der Waals surface area contributed by atoms with Gasteiger partial charge in [0.05, 0.1) is 15.9 Å². The maximum Gasteiger partial charge on any atom is 0.320 e. The fraction of sp³-hybridized carbons (Fsp3) is 0.222. The summed E-state index contributed by atoms with van der Waals surface area (Å²) in [4.78, 5) is 30.0. The van der Waals surface area contributed by atoms with Crippen LogP contribution in [-0.2, 0) is 11.2 Å². The molecule has 0 heterocycles. The van der Waals surface area contributed by atoms with E-state index in [0.717, 1.165) is 6.07 Å². The summed E-state index contributed by atoms with van der Waals surface area (Å²) in [6, 6.07) is -0.0715. The van der Waals surface area contributed by atoms with E-state index in [2.05, 4.69) is 0 Å². The molecule has 0 saturated heterocycles. The minimum absolute atomic E-state index is 0.192. The summed E-state index contributed by atoms with van der Waals surface area (Å²) in [7, 11) is 0. The Balaban J connectivity index is 3.31. The molecule has 0 aliphatic carbocycles. The second kappa shape index (κ2) is 5.27. The highest BCUT2D eigenvalue weighted by atomic mass is 16.6. The molecule has 102 valence electrons. The lowest BCUT2D eigenvalue weighted by Crippen LogP contribution is -2.32. The lowest BCUT2D eigenvalue weighted by atomic mass is 10.0. The number of nitro benzene ring substituents is 2. The van der Waals surface area contributed by atoms with Gasteiger partial charge in [0.25, 0.3) is 5.69 Å². The molecule has 1 atom stereocenters. The molecule has 0 radical (unpaired) electrons. The van der Waals surface area contributed by atoms with E-state index in [0.29, 0.717) is 6.07 Å². The van der Waals surface area contributed by atoms with E-state index >= 15 is 0 Å². The summed E-state index contributed by atoms with van der Waals surface area (Å²) in [5.74, 6) is -2.17. The average molecular weight is 271 g/mol. The molecule has 0 amide bonds. The molecule has 0 bridgehead atoms. The maximum atomic E-state index is 10.8. The Hall–Kier alpha value is -2.75. The van der Waals surface area contributed by atoms with E-state index < -0.39 is 45.4 Å². The van der Waals surface area contributed by atoms with E-state index in [1.165, 1.54) is 0 Å². The first-order valence-electron chi connectivity index (χ1n) is 4.87. The minimum atomic E-state index is -1.42. The Labute approximate surface area is 105 Å². The van der Waals surface area contributed by atoms with E-state index in [1.54, 1.807) is 0 Å². The Morgan fingerprint density at radius 3 is 2.21 bits per heavy atom. The zero-order valence-electron chi connectivity index (χ0n) is 9.35. The molecule has 1 aromatic carbocycles. The van der Waals surface area contributed by atoms with Crippen molar-refractivity contribution in [2.24, 2.45) is 5.73 Å². The van der Waals surface area contributed by atoms with Crippen LogP contribution in [0.15, 0.2) is 12.1 Å². The zero-order chi connectivity index (χ0) is 14.7. The van der Waals surface area contributed by atoms with Crippen LogP contribution in [0.3, 0.4) is 0 Å². The molecular formula is C9H9N3O7. The number of hydrogen-bond acceptors (Lipinski definition) is 7. The van der Waals surface area contributed by atoms with Gasteiger partial charge >= 0.3 is 11.7 Å². The number of nitrogens with two attached hydrogens (primary N) is 1. The van der Waals surface area contributed by atoms with Gasteiger partial charge in [-0.25, -0.2) is 0 Å². The topological polar surface area (TPSA) is 170 Å². The number of phenols is 1. The maximum absolute atomic E-state index is 10.8. The monoisotopic (exact) mass is 271 g/mol.